The Morgan fingerprint density at radius 3 is 2.30 bits per heavy atom. The van der Waals surface area contributed by atoms with E-state index in [-0.39, 0.29) is 4.21 Å². The average Bonchev–Trinajstić information content (AvgIpc) is 2.92. The Morgan fingerprint density at radius 2 is 1.87 bits per heavy atom. The van der Waals surface area contributed by atoms with Gasteiger partial charge in [0.15, 0.2) is 0 Å². The van der Waals surface area contributed by atoms with E-state index in [2.05, 4.69) is 5.32 Å². The molecular weight excluding hydrogens is 335 g/mol. The topological polar surface area (TPSA) is 90.7 Å². The molecule has 2 rings (SSSR count). The summed E-state index contributed by atoms with van der Waals surface area (Å²) in [5.41, 5.74) is 0.0474. The molecule has 1 aliphatic heterocycles. The standard InChI is InChI=1S/C14H23BN2O4S2/c1-13(2)14(3,4)21-15(20-13)10(9-17-5)8-11-6-7-12(22-11)23(16,18)19/h6-8,17H,9H2,1-5H3,(H2,16,18,19). The van der Waals surface area contributed by atoms with Gasteiger partial charge < -0.3 is 14.6 Å². The first-order valence-electron chi connectivity index (χ1n) is 7.29. The number of rotatable bonds is 5. The fourth-order valence-electron chi connectivity index (χ4n) is 2.15. The normalized spacial score (nSPS) is 21.0. The van der Waals surface area contributed by atoms with Crippen molar-refractivity contribution in [2.24, 2.45) is 5.14 Å². The van der Waals surface area contributed by atoms with Crippen LogP contribution in [0.5, 0.6) is 0 Å². The molecule has 1 aromatic heterocycles. The molecule has 1 fully saturated rings. The van der Waals surface area contributed by atoms with Crippen molar-refractivity contribution in [2.75, 3.05) is 13.6 Å². The average molecular weight is 358 g/mol. The molecule has 0 spiro atoms. The molecule has 6 nitrogen and oxygen atoms in total. The summed E-state index contributed by atoms with van der Waals surface area (Å²) < 4.78 is 35.0. The van der Waals surface area contributed by atoms with Crippen LogP contribution in [-0.2, 0) is 19.3 Å². The minimum atomic E-state index is -3.68. The van der Waals surface area contributed by atoms with Gasteiger partial charge in [0, 0.05) is 11.4 Å². The molecule has 0 aliphatic carbocycles. The van der Waals surface area contributed by atoms with Crippen molar-refractivity contribution >= 4 is 34.6 Å². The van der Waals surface area contributed by atoms with Crippen LogP contribution in [0.2, 0.25) is 0 Å². The Hall–Kier alpha value is -0.705. The molecule has 1 aliphatic rings. The van der Waals surface area contributed by atoms with Crippen molar-refractivity contribution in [3.8, 4) is 0 Å². The van der Waals surface area contributed by atoms with E-state index in [1.807, 2.05) is 40.8 Å². The molecule has 0 atom stereocenters. The van der Waals surface area contributed by atoms with Gasteiger partial charge in [-0.2, -0.15) is 0 Å². The number of primary sulfonamides is 1. The van der Waals surface area contributed by atoms with E-state index in [4.69, 9.17) is 14.4 Å². The molecule has 0 aromatic carbocycles. The summed E-state index contributed by atoms with van der Waals surface area (Å²) in [4.78, 5) is 0.786. The summed E-state index contributed by atoms with van der Waals surface area (Å²) >= 11 is 1.12. The third-order valence-corrected chi connectivity index (χ3v) is 6.62. The van der Waals surface area contributed by atoms with E-state index in [0.717, 1.165) is 21.7 Å². The fraction of sp³-hybridized carbons (Fsp3) is 0.571. The van der Waals surface area contributed by atoms with Gasteiger partial charge in [0.25, 0.3) is 0 Å². The van der Waals surface area contributed by atoms with Crippen molar-refractivity contribution in [3.63, 3.8) is 0 Å². The first kappa shape index (κ1) is 18.6. The minimum Gasteiger partial charge on any atom is -0.400 e. The van der Waals surface area contributed by atoms with Crippen LogP contribution in [-0.4, -0.2) is 40.3 Å². The monoisotopic (exact) mass is 358 g/mol. The van der Waals surface area contributed by atoms with Crippen LogP contribution in [0.4, 0.5) is 0 Å². The zero-order valence-electron chi connectivity index (χ0n) is 14.0. The second kappa shape index (κ2) is 6.31. The zero-order valence-corrected chi connectivity index (χ0v) is 15.7. The van der Waals surface area contributed by atoms with Crippen molar-refractivity contribution < 1.29 is 17.7 Å². The summed E-state index contributed by atoms with van der Waals surface area (Å²) in [6, 6.07) is 3.23. The summed E-state index contributed by atoms with van der Waals surface area (Å²) in [6.07, 6.45) is 1.89. The SMILES string of the molecule is CNCC(=Cc1ccc(S(N)(=O)=O)s1)B1OC(C)(C)C(C)(C)O1. The Labute approximate surface area is 142 Å². The lowest BCUT2D eigenvalue weighted by molar-refractivity contribution is 0.00578. The summed E-state index contributed by atoms with van der Waals surface area (Å²) in [7, 11) is -2.32. The molecule has 3 N–H and O–H groups in total. The van der Waals surface area contributed by atoms with Crippen LogP contribution in [0.15, 0.2) is 21.8 Å². The molecule has 0 bridgehead atoms. The summed E-state index contributed by atoms with van der Waals surface area (Å²) in [5.74, 6) is 0. The van der Waals surface area contributed by atoms with Crippen molar-refractivity contribution in [1.82, 2.24) is 5.32 Å². The lowest BCUT2D eigenvalue weighted by Gasteiger charge is -2.32. The maximum absolute atomic E-state index is 11.4. The number of sulfonamides is 1. The molecule has 0 unspecified atom stereocenters. The quantitative estimate of drug-likeness (QED) is 0.781. The van der Waals surface area contributed by atoms with Gasteiger partial charge >= 0.3 is 7.12 Å². The molecule has 0 saturated carbocycles. The smallest absolute Gasteiger partial charge is 0.400 e. The first-order chi connectivity index (χ1) is 10.5. The largest absolute Gasteiger partial charge is 0.491 e. The molecule has 0 radical (unpaired) electrons. The van der Waals surface area contributed by atoms with Gasteiger partial charge in [-0.05, 0) is 58.4 Å². The highest BCUT2D eigenvalue weighted by atomic mass is 32.2. The maximum Gasteiger partial charge on any atom is 0.491 e. The van der Waals surface area contributed by atoms with Gasteiger partial charge in [0.1, 0.15) is 4.21 Å². The maximum atomic E-state index is 11.4. The van der Waals surface area contributed by atoms with E-state index in [9.17, 15) is 8.42 Å². The van der Waals surface area contributed by atoms with Crippen LogP contribution < -0.4 is 10.5 Å². The lowest BCUT2D eigenvalue weighted by atomic mass is 9.77. The zero-order chi connectivity index (χ0) is 17.5. The van der Waals surface area contributed by atoms with E-state index in [0.29, 0.717) is 6.54 Å². The van der Waals surface area contributed by atoms with Crippen LogP contribution in [0.25, 0.3) is 6.08 Å². The number of thiophene rings is 1. The van der Waals surface area contributed by atoms with E-state index in [1.54, 1.807) is 6.07 Å². The fourth-order valence-corrected chi connectivity index (χ4v) is 3.87. The first-order valence-corrected chi connectivity index (χ1v) is 9.66. The molecule has 2 heterocycles. The predicted octanol–water partition coefficient (Wildman–Crippen LogP) is 1.63. The molecule has 1 saturated heterocycles. The number of nitrogens with one attached hydrogen (secondary N) is 1. The number of hydrogen-bond acceptors (Lipinski definition) is 6. The Balaban J connectivity index is 2.31. The molecule has 0 amide bonds. The summed E-state index contributed by atoms with van der Waals surface area (Å²) in [5, 5.41) is 8.24. The number of nitrogens with two attached hydrogens (primary N) is 1. The van der Waals surface area contributed by atoms with Gasteiger partial charge in [0.2, 0.25) is 10.0 Å². The lowest BCUT2D eigenvalue weighted by Crippen LogP contribution is -2.41. The highest BCUT2D eigenvalue weighted by molar-refractivity contribution is 7.91. The van der Waals surface area contributed by atoms with Crippen molar-refractivity contribution in [3.05, 3.63) is 22.5 Å². The Kier molecular flexibility index (Phi) is 5.11. The molecule has 9 heteroatoms. The van der Waals surface area contributed by atoms with Crippen LogP contribution in [0, 0.1) is 0 Å². The van der Waals surface area contributed by atoms with E-state index >= 15 is 0 Å². The Morgan fingerprint density at radius 1 is 1.30 bits per heavy atom. The van der Waals surface area contributed by atoms with Crippen molar-refractivity contribution in [1.29, 1.82) is 0 Å². The third kappa shape index (κ3) is 4.04. The van der Waals surface area contributed by atoms with E-state index < -0.39 is 28.3 Å². The van der Waals surface area contributed by atoms with Gasteiger partial charge in [-0.25, -0.2) is 13.6 Å². The van der Waals surface area contributed by atoms with Crippen LogP contribution in [0.3, 0.4) is 0 Å². The van der Waals surface area contributed by atoms with Gasteiger partial charge in [-0.3, -0.25) is 0 Å². The highest BCUT2D eigenvalue weighted by Crippen LogP contribution is 2.39. The molecule has 23 heavy (non-hydrogen) atoms. The summed E-state index contributed by atoms with van der Waals surface area (Å²) in [6.45, 7) is 8.55. The van der Waals surface area contributed by atoms with Gasteiger partial charge in [-0.1, -0.05) is 0 Å². The highest BCUT2D eigenvalue weighted by Gasteiger charge is 2.52. The molecule has 1 aromatic rings. The predicted molar refractivity (Wildman–Crippen MR) is 93.7 cm³/mol. The number of likely N-dealkylation sites (N-methyl/N-ethyl adjacent to an activating group) is 1. The third-order valence-electron chi connectivity index (χ3n) is 4.15. The molecule has 128 valence electrons. The van der Waals surface area contributed by atoms with Crippen LogP contribution >= 0.6 is 11.3 Å². The second-order valence-electron chi connectivity index (χ2n) is 6.54. The second-order valence-corrected chi connectivity index (χ2v) is 9.44. The minimum absolute atomic E-state index is 0.140. The Bertz CT molecular complexity index is 694. The van der Waals surface area contributed by atoms with Crippen LogP contribution in [0.1, 0.15) is 32.6 Å². The molecular formula is C14H23BN2O4S2. The van der Waals surface area contributed by atoms with Gasteiger partial charge in [0.05, 0.1) is 11.2 Å². The van der Waals surface area contributed by atoms with E-state index in [1.165, 1.54) is 6.07 Å². The number of hydrogen-bond donors (Lipinski definition) is 2. The van der Waals surface area contributed by atoms with Crippen molar-refractivity contribution in [2.45, 2.75) is 43.1 Å². The van der Waals surface area contributed by atoms with Gasteiger partial charge in [-0.15, -0.1) is 11.3 Å².